The highest BCUT2D eigenvalue weighted by Crippen LogP contribution is 2.30. The van der Waals surface area contributed by atoms with E-state index in [4.69, 9.17) is 5.73 Å². The molecule has 1 heterocycles. The van der Waals surface area contributed by atoms with Crippen LogP contribution in [0.3, 0.4) is 0 Å². The monoisotopic (exact) mass is 295 g/mol. The Bertz CT molecular complexity index is 743. The zero-order valence-corrected chi connectivity index (χ0v) is 13.2. The Hall–Kier alpha value is -1.40. The van der Waals surface area contributed by atoms with Crippen molar-refractivity contribution in [2.24, 2.45) is 12.8 Å². The highest BCUT2D eigenvalue weighted by Gasteiger charge is 2.29. The normalized spacial score (nSPS) is 15.4. The molecule has 0 bridgehead atoms. The zero-order chi connectivity index (χ0) is 15.1. The van der Waals surface area contributed by atoms with Crippen molar-refractivity contribution in [1.29, 1.82) is 0 Å². The molecule has 5 nitrogen and oxygen atoms in total. The molecule has 0 saturated heterocycles. The summed E-state index contributed by atoms with van der Waals surface area (Å²) in [4.78, 5) is 4.87. The van der Waals surface area contributed by atoms with Gasteiger partial charge in [-0.3, -0.25) is 0 Å². The third-order valence-corrected chi connectivity index (χ3v) is 5.17. The van der Waals surface area contributed by atoms with Gasteiger partial charge in [-0.2, -0.15) is 0 Å². The van der Waals surface area contributed by atoms with Gasteiger partial charge in [-0.05, 0) is 18.6 Å². The molecular weight excluding hydrogens is 274 g/mol. The van der Waals surface area contributed by atoms with Gasteiger partial charge in [0.15, 0.2) is 9.84 Å². The first-order chi connectivity index (χ1) is 9.24. The number of rotatable bonds is 4. The standard InChI is InChI=1S/C14H21N3O2S/c1-5-14(2,9-15)13-16-12-10(17(13)3)7-6-8-11(12)20(4,18)19/h6-8H,5,9,15H2,1-4H3. The summed E-state index contributed by atoms with van der Waals surface area (Å²) in [5.41, 5.74) is 6.98. The topological polar surface area (TPSA) is 78.0 Å². The average Bonchev–Trinajstić information content (AvgIpc) is 2.75. The minimum Gasteiger partial charge on any atom is -0.331 e. The van der Waals surface area contributed by atoms with E-state index in [0.717, 1.165) is 17.8 Å². The van der Waals surface area contributed by atoms with Gasteiger partial charge in [-0.1, -0.05) is 19.9 Å². The van der Waals surface area contributed by atoms with E-state index in [1.165, 1.54) is 6.26 Å². The summed E-state index contributed by atoms with van der Waals surface area (Å²) in [5, 5.41) is 0. The molecule has 1 unspecified atom stereocenters. The molecule has 6 heteroatoms. The molecule has 1 atom stereocenters. The second kappa shape index (κ2) is 4.86. The number of nitrogens with zero attached hydrogens (tertiary/aromatic N) is 2. The summed E-state index contributed by atoms with van der Waals surface area (Å²) in [6.45, 7) is 4.58. The van der Waals surface area contributed by atoms with Crippen molar-refractivity contribution in [3.05, 3.63) is 24.0 Å². The number of hydrogen-bond acceptors (Lipinski definition) is 4. The van der Waals surface area contributed by atoms with Crippen LogP contribution in [0.5, 0.6) is 0 Å². The van der Waals surface area contributed by atoms with Crippen LogP contribution in [0.1, 0.15) is 26.1 Å². The quantitative estimate of drug-likeness (QED) is 0.929. The van der Waals surface area contributed by atoms with Crippen LogP contribution >= 0.6 is 0 Å². The summed E-state index contributed by atoms with van der Waals surface area (Å²) in [6.07, 6.45) is 2.05. The van der Waals surface area contributed by atoms with Gasteiger partial charge in [0.2, 0.25) is 0 Å². The Morgan fingerprint density at radius 1 is 1.40 bits per heavy atom. The van der Waals surface area contributed by atoms with Crippen molar-refractivity contribution < 1.29 is 8.42 Å². The van der Waals surface area contributed by atoms with E-state index in [-0.39, 0.29) is 10.3 Å². The smallest absolute Gasteiger partial charge is 0.177 e. The molecule has 0 saturated carbocycles. The van der Waals surface area contributed by atoms with Gasteiger partial charge < -0.3 is 10.3 Å². The number of nitrogens with two attached hydrogens (primary N) is 1. The summed E-state index contributed by atoms with van der Waals surface area (Å²) in [7, 11) is -1.40. The van der Waals surface area contributed by atoms with Crippen LogP contribution in [0.4, 0.5) is 0 Å². The molecule has 20 heavy (non-hydrogen) atoms. The molecule has 0 aliphatic rings. The molecule has 0 aliphatic carbocycles. The van der Waals surface area contributed by atoms with Crippen molar-refractivity contribution in [2.75, 3.05) is 12.8 Å². The van der Waals surface area contributed by atoms with E-state index in [1.807, 2.05) is 24.6 Å². The van der Waals surface area contributed by atoms with E-state index in [1.54, 1.807) is 12.1 Å². The lowest BCUT2D eigenvalue weighted by molar-refractivity contribution is 0.427. The molecule has 0 aliphatic heterocycles. The van der Waals surface area contributed by atoms with Crippen LogP contribution in [0, 0.1) is 0 Å². The Morgan fingerprint density at radius 3 is 2.55 bits per heavy atom. The lowest BCUT2D eigenvalue weighted by atomic mass is 9.87. The maximum atomic E-state index is 11.9. The molecule has 0 radical (unpaired) electrons. The number of aromatic nitrogens is 2. The predicted octanol–water partition coefficient (Wildman–Crippen LogP) is 1.60. The Morgan fingerprint density at radius 2 is 2.05 bits per heavy atom. The summed E-state index contributed by atoms with van der Waals surface area (Å²) < 4.78 is 25.7. The summed E-state index contributed by atoms with van der Waals surface area (Å²) in [6, 6.07) is 5.23. The lowest BCUT2D eigenvalue weighted by Gasteiger charge is -2.25. The second-order valence-corrected chi connectivity index (χ2v) is 7.49. The number of para-hydroxylation sites is 1. The van der Waals surface area contributed by atoms with Crippen molar-refractivity contribution in [3.63, 3.8) is 0 Å². The van der Waals surface area contributed by atoms with Crippen molar-refractivity contribution >= 4 is 20.9 Å². The maximum absolute atomic E-state index is 11.9. The van der Waals surface area contributed by atoms with Crippen molar-refractivity contribution in [2.45, 2.75) is 30.6 Å². The fraction of sp³-hybridized carbons (Fsp3) is 0.500. The number of sulfone groups is 1. The van der Waals surface area contributed by atoms with Gasteiger partial charge in [0.25, 0.3) is 0 Å². The summed E-state index contributed by atoms with van der Waals surface area (Å²) >= 11 is 0. The van der Waals surface area contributed by atoms with E-state index < -0.39 is 9.84 Å². The molecular formula is C14H21N3O2S. The van der Waals surface area contributed by atoms with Gasteiger partial charge in [0.05, 0.1) is 10.4 Å². The molecule has 2 N–H and O–H groups in total. The van der Waals surface area contributed by atoms with Crippen molar-refractivity contribution in [1.82, 2.24) is 9.55 Å². The summed E-state index contributed by atoms with van der Waals surface area (Å²) in [5.74, 6) is 0.827. The SMILES string of the molecule is CCC(C)(CN)c1nc2c(S(C)(=O)=O)cccc2n1C. The molecule has 2 aromatic rings. The predicted molar refractivity (Wildman–Crippen MR) is 80.5 cm³/mol. The van der Waals surface area contributed by atoms with E-state index in [2.05, 4.69) is 11.9 Å². The largest absolute Gasteiger partial charge is 0.331 e. The first-order valence-electron chi connectivity index (χ1n) is 6.60. The average molecular weight is 295 g/mol. The number of benzene rings is 1. The first-order valence-corrected chi connectivity index (χ1v) is 8.50. The van der Waals surface area contributed by atoms with E-state index in [9.17, 15) is 8.42 Å². The number of imidazole rings is 1. The van der Waals surface area contributed by atoms with Crippen molar-refractivity contribution in [3.8, 4) is 0 Å². The highest BCUT2D eigenvalue weighted by atomic mass is 32.2. The third kappa shape index (κ3) is 2.23. The zero-order valence-electron chi connectivity index (χ0n) is 12.3. The number of hydrogen-bond donors (Lipinski definition) is 1. The molecule has 0 spiro atoms. The van der Waals surface area contributed by atoms with Crippen LogP contribution in [0.2, 0.25) is 0 Å². The Balaban J connectivity index is 2.83. The molecule has 110 valence electrons. The van der Waals surface area contributed by atoms with Gasteiger partial charge in [-0.25, -0.2) is 13.4 Å². The molecule has 2 rings (SSSR count). The fourth-order valence-electron chi connectivity index (χ4n) is 2.42. The number of aryl methyl sites for hydroxylation is 1. The van der Waals surface area contributed by atoms with E-state index >= 15 is 0 Å². The van der Waals surface area contributed by atoms with Crippen LogP contribution in [-0.2, 0) is 22.3 Å². The van der Waals surface area contributed by atoms with Crippen LogP contribution in [0.25, 0.3) is 11.0 Å². The third-order valence-electron chi connectivity index (χ3n) is 4.04. The van der Waals surface area contributed by atoms with Crippen LogP contribution in [-0.4, -0.2) is 30.8 Å². The Kier molecular flexibility index (Phi) is 3.64. The molecule has 0 fully saturated rings. The van der Waals surface area contributed by atoms with Gasteiger partial charge in [0.1, 0.15) is 11.3 Å². The maximum Gasteiger partial charge on any atom is 0.177 e. The Labute approximate surface area is 119 Å². The van der Waals surface area contributed by atoms with Crippen LogP contribution in [0.15, 0.2) is 23.1 Å². The molecule has 0 amide bonds. The van der Waals surface area contributed by atoms with Gasteiger partial charge in [0, 0.05) is 25.3 Å². The lowest BCUT2D eigenvalue weighted by Crippen LogP contribution is -2.33. The van der Waals surface area contributed by atoms with Gasteiger partial charge in [-0.15, -0.1) is 0 Å². The molecule has 1 aromatic heterocycles. The highest BCUT2D eigenvalue weighted by molar-refractivity contribution is 7.91. The van der Waals surface area contributed by atoms with Gasteiger partial charge >= 0.3 is 0 Å². The second-order valence-electron chi connectivity index (χ2n) is 5.51. The fourth-order valence-corrected chi connectivity index (χ4v) is 3.25. The molecule has 1 aromatic carbocycles. The van der Waals surface area contributed by atoms with E-state index in [0.29, 0.717) is 12.1 Å². The van der Waals surface area contributed by atoms with Crippen LogP contribution < -0.4 is 5.73 Å². The minimum absolute atomic E-state index is 0.261. The first kappa shape index (κ1) is 15.0. The minimum atomic E-state index is -3.30. The number of fused-ring (bicyclic) bond motifs is 1.